The molecule has 2 aliphatic heterocycles. The molecule has 0 N–H and O–H groups in total. The van der Waals surface area contributed by atoms with Crippen molar-refractivity contribution in [2.75, 3.05) is 33.1 Å². The molecule has 3 heterocycles. The highest BCUT2D eigenvalue weighted by atomic mass is 16.6. The first-order chi connectivity index (χ1) is 14.9. The fourth-order valence-electron chi connectivity index (χ4n) is 3.06. The van der Waals surface area contributed by atoms with Crippen LogP contribution in [0, 0.1) is 6.92 Å². The Morgan fingerprint density at radius 1 is 1.11 bits per heavy atom. The van der Waals surface area contributed by atoms with Crippen LogP contribution in [-0.2, 0) is 4.74 Å². The minimum absolute atomic E-state index is 0.0473. The van der Waals surface area contributed by atoms with E-state index < -0.39 is 31.3 Å². The van der Waals surface area contributed by atoms with Crippen molar-refractivity contribution >= 4 is 6.09 Å². The molecule has 156 valence electrons. The van der Waals surface area contributed by atoms with Gasteiger partial charge >= 0.3 is 6.09 Å². The standard InChI is InChI=1S/C20H32N4O4/c1-14(2)26-20(25)24-11-7-17(8-12-24)28-19-15(3)18(21-13-22-19)27-16-5-9-23(4)10-6-16/h13-14,16-17H,5-12H2,1-4H3/i11D2,12D2. The van der Waals surface area contributed by atoms with Crippen molar-refractivity contribution in [3.8, 4) is 11.8 Å². The number of likely N-dealkylation sites (tertiary alicyclic amines) is 2. The van der Waals surface area contributed by atoms with Crippen molar-refractivity contribution in [2.45, 2.75) is 64.8 Å². The van der Waals surface area contributed by atoms with Crippen LogP contribution in [0.25, 0.3) is 0 Å². The summed E-state index contributed by atoms with van der Waals surface area (Å²) in [6.07, 6.45) is 0.338. The highest BCUT2D eigenvalue weighted by Gasteiger charge is 2.27. The van der Waals surface area contributed by atoms with Crippen LogP contribution >= 0.6 is 0 Å². The molecular weight excluding hydrogens is 360 g/mol. The third-order valence-electron chi connectivity index (χ3n) is 4.69. The molecule has 28 heavy (non-hydrogen) atoms. The lowest BCUT2D eigenvalue weighted by molar-refractivity contribution is 0.0503. The van der Waals surface area contributed by atoms with Crippen LogP contribution in [0.3, 0.4) is 0 Å². The molecule has 0 aromatic carbocycles. The number of hydrogen-bond donors (Lipinski definition) is 0. The molecule has 8 heteroatoms. The summed E-state index contributed by atoms with van der Waals surface area (Å²) in [5.74, 6) is 0.631. The van der Waals surface area contributed by atoms with Gasteiger partial charge in [0.2, 0.25) is 11.8 Å². The van der Waals surface area contributed by atoms with Gasteiger partial charge in [-0.15, -0.1) is 0 Å². The molecule has 0 radical (unpaired) electrons. The fraction of sp³-hybridized carbons (Fsp3) is 0.750. The minimum atomic E-state index is -2.30. The fourth-order valence-corrected chi connectivity index (χ4v) is 3.06. The topological polar surface area (TPSA) is 77.0 Å². The third kappa shape index (κ3) is 5.47. The highest BCUT2D eigenvalue weighted by molar-refractivity contribution is 5.67. The number of amides is 1. The number of nitrogens with zero attached hydrogens (tertiary/aromatic N) is 4. The molecule has 8 nitrogen and oxygen atoms in total. The summed E-state index contributed by atoms with van der Waals surface area (Å²) in [6.45, 7) is 2.31. The molecule has 2 aliphatic rings. The van der Waals surface area contributed by atoms with E-state index in [4.69, 9.17) is 19.7 Å². The molecule has 1 amide bonds. The summed E-state index contributed by atoms with van der Waals surface area (Å²) in [5.41, 5.74) is 0.578. The van der Waals surface area contributed by atoms with Gasteiger partial charge in [-0.25, -0.2) is 14.8 Å². The summed E-state index contributed by atoms with van der Waals surface area (Å²) < 4.78 is 50.2. The molecule has 0 aliphatic carbocycles. The van der Waals surface area contributed by atoms with E-state index in [1.165, 1.54) is 6.33 Å². The van der Waals surface area contributed by atoms with Crippen molar-refractivity contribution in [1.29, 1.82) is 0 Å². The maximum absolute atomic E-state index is 12.4. The number of rotatable bonds is 5. The number of aromatic nitrogens is 2. The van der Waals surface area contributed by atoms with Gasteiger partial charge in [-0.1, -0.05) is 0 Å². The van der Waals surface area contributed by atoms with Crippen molar-refractivity contribution in [3.05, 3.63) is 11.9 Å². The van der Waals surface area contributed by atoms with Gasteiger partial charge in [-0.2, -0.15) is 0 Å². The number of hydrogen-bond acceptors (Lipinski definition) is 7. The molecule has 3 rings (SSSR count). The van der Waals surface area contributed by atoms with Crippen molar-refractivity contribution in [3.63, 3.8) is 0 Å². The zero-order valence-corrected chi connectivity index (χ0v) is 17.0. The van der Waals surface area contributed by atoms with Gasteiger partial charge in [-0.3, -0.25) is 0 Å². The van der Waals surface area contributed by atoms with E-state index in [-0.39, 0.29) is 24.8 Å². The largest absolute Gasteiger partial charge is 0.474 e. The quantitative estimate of drug-likeness (QED) is 0.757. The van der Waals surface area contributed by atoms with Crippen molar-refractivity contribution in [2.24, 2.45) is 0 Å². The van der Waals surface area contributed by atoms with Crippen molar-refractivity contribution in [1.82, 2.24) is 19.8 Å². The Balaban J connectivity index is 1.72. The summed E-state index contributed by atoms with van der Waals surface area (Å²) in [4.78, 5) is 23.5. The molecule has 0 unspecified atom stereocenters. The smallest absolute Gasteiger partial charge is 0.410 e. The lowest BCUT2D eigenvalue weighted by atomic mass is 10.1. The summed E-state index contributed by atoms with van der Waals surface area (Å²) in [7, 11) is 2.07. The maximum atomic E-state index is 12.4. The van der Waals surface area contributed by atoms with Crippen LogP contribution in [0.15, 0.2) is 6.33 Å². The van der Waals surface area contributed by atoms with Crippen LogP contribution in [0.1, 0.15) is 50.6 Å². The maximum Gasteiger partial charge on any atom is 0.410 e. The second kappa shape index (κ2) is 9.41. The van der Waals surface area contributed by atoms with E-state index in [0.717, 1.165) is 25.9 Å². The Hall–Kier alpha value is -2.09. The highest BCUT2D eigenvalue weighted by Crippen LogP contribution is 2.27. The molecule has 2 fully saturated rings. The minimum Gasteiger partial charge on any atom is -0.474 e. The number of ether oxygens (including phenoxy) is 3. The molecule has 1 aromatic rings. The van der Waals surface area contributed by atoms with Gasteiger partial charge in [0.1, 0.15) is 18.5 Å². The van der Waals surface area contributed by atoms with Crippen LogP contribution in [0.2, 0.25) is 0 Å². The SMILES string of the molecule is [2H]C1([2H])CC(Oc2ncnc(OC3CCN(C)CC3)c2C)CC([2H])([2H])N1C(=O)OC(C)C. The van der Waals surface area contributed by atoms with Crippen LogP contribution in [-0.4, -0.2) is 77.3 Å². The zero-order chi connectivity index (χ0) is 23.7. The van der Waals surface area contributed by atoms with Gasteiger partial charge in [0, 0.05) is 44.4 Å². The first kappa shape index (κ1) is 15.8. The second-order valence-electron chi connectivity index (χ2n) is 7.46. The molecule has 1 aromatic heterocycles. The molecular formula is C20H32N4O4. The summed E-state index contributed by atoms with van der Waals surface area (Å²) in [5, 5.41) is 0. The number of piperidine rings is 2. The second-order valence-corrected chi connectivity index (χ2v) is 7.46. The van der Waals surface area contributed by atoms with Gasteiger partial charge < -0.3 is 24.0 Å². The Bertz CT molecular complexity index is 801. The molecule has 2 saturated heterocycles. The predicted octanol–water partition coefficient (Wildman–Crippen LogP) is 2.65. The van der Waals surface area contributed by atoms with E-state index in [1.807, 2.05) is 0 Å². The zero-order valence-electron chi connectivity index (χ0n) is 21.0. The average Bonchev–Trinajstić information content (AvgIpc) is 2.64. The normalized spacial score (nSPS) is 25.4. The molecule has 0 saturated carbocycles. The van der Waals surface area contributed by atoms with Crippen LogP contribution in [0.5, 0.6) is 11.8 Å². The van der Waals surface area contributed by atoms with Crippen LogP contribution < -0.4 is 9.47 Å². The molecule has 0 atom stereocenters. The van der Waals surface area contributed by atoms with E-state index in [2.05, 4.69) is 21.9 Å². The van der Waals surface area contributed by atoms with Gasteiger partial charge in [0.15, 0.2) is 0 Å². The Morgan fingerprint density at radius 3 is 2.18 bits per heavy atom. The first-order valence-corrected chi connectivity index (χ1v) is 9.73. The monoisotopic (exact) mass is 396 g/mol. The Morgan fingerprint density at radius 2 is 1.64 bits per heavy atom. The summed E-state index contributed by atoms with van der Waals surface area (Å²) >= 11 is 0. The lowest BCUT2D eigenvalue weighted by Crippen LogP contribution is -2.42. The Kier molecular flexibility index (Phi) is 5.30. The molecule has 0 spiro atoms. The van der Waals surface area contributed by atoms with E-state index in [1.54, 1.807) is 20.8 Å². The van der Waals surface area contributed by atoms with E-state index >= 15 is 0 Å². The summed E-state index contributed by atoms with van der Waals surface area (Å²) in [6, 6.07) is 0. The van der Waals surface area contributed by atoms with Crippen molar-refractivity contribution < 1.29 is 24.5 Å². The Labute approximate surface area is 172 Å². The first-order valence-electron chi connectivity index (χ1n) is 11.7. The average molecular weight is 397 g/mol. The van der Waals surface area contributed by atoms with Gasteiger partial charge in [-0.05, 0) is 40.7 Å². The van der Waals surface area contributed by atoms with Gasteiger partial charge in [0.25, 0.3) is 0 Å². The number of carbonyl (C=O) groups excluding carboxylic acids is 1. The van der Waals surface area contributed by atoms with E-state index in [0.29, 0.717) is 16.3 Å². The molecule has 0 bridgehead atoms. The van der Waals surface area contributed by atoms with Crippen LogP contribution in [0.4, 0.5) is 4.79 Å². The number of carbonyl (C=O) groups is 1. The third-order valence-corrected chi connectivity index (χ3v) is 4.69. The van der Waals surface area contributed by atoms with E-state index in [9.17, 15) is 4.79 Å². The predicted molar refractivity (Wildman–Crippen MR) is 105 cm³/mol. The van der Waals surface area contributed by atoms with Gasteiger partial charge in [0.05, 0.1) is 11.7 Å². The lowest BCUT2D eigenvalue weighted by Gasteiger charge is -2.32.